The highest BCUT2D eigenvalue weighted by Crippen LogP contribution is 2.25. The highest BCUT2D eigenvalue weighted by Gasteiger charge is 2.20. The quantitative estimate of drug-likeness (QED) is 0.502. The van der Waals surface area contributed by atoms with Gasteiger partial charge in [-0.2, -0.15) is 9.97 Å². The van der Waals surface area contributed by atoms with E-state index in [0.717, 1.165) is 48.1 Å². The van der Waals surface area contributed by atoms with Crippen molar-refractivity contribution in [3.8, 4) is 0 Å². The van der Waals surface area contributed by atoms with Crippen molar-refractivity contribution in [3.63, 3.8) is 0 Å². The number of rotatable bonds is 5. The molecule has 0 spiro atoms. The molecule has 0 saturated heterocycles. The third-order valence-corrected chi connectivity index (χ3v) is 5.41. The van der Waals surface area contributed by atoms with Crippen LogP contribution in [0.2, 0.25) is 0 Å². The molecule has 148 valence electrons. The second-order valence-electron chi connectivity index (χ2n) is 7.74. The van der Waals surface area contributed by atoms with E-state index < -0.39 is 0 Å². The molecular weight excluding hydrogens is 352 g/mol. The molecule has 1 fully saturated rings. The first-order valence-electron chi connectivity index (χ1n) is 9.79. The number of hydrogen-bond donors (Lipinski definition) is 4. The van der Waals surface area contributed by atoms with Gasteiger partial charge in [0.2, 0.25) is 5.95 Å². The van der Waals surface area contributed by atoms with Crippen molar-refractivity contribution in [3.05, 3.63) is 35.7 Å². The smallest absolute Gasteiger partial charge is 0.227 e. The van der Waals surface area contributed by atoms with Crippen LogP contribution in [0.4, 0.5) is 17.5 Å². The van der Waals surface area contributed by atoms with Crippen LogP contribution in [0.5, 0.6) is 0 Å². The largest absolute Gasteiger partial charge is 0.398 e. The lowest BCUT2D eigenvalue weighted by atomic mass is 9.92. The molecule has 0 aliphatic heterocycles. The van der Waals surface area contributed by atoms with E-state index in [-0.39, 0.29) is 0 Å². The lowest BCUT2D eigenvalue weighted by Gasteiger charge is -2.26. The molecule has 8 nitrogen and oxygen atoms in total. The number of aromatic nitrogens is 4. The average molecular weight is 381 g/mol. The Bertz CT molecular complexity index is 972. The first kappa shape index (κ1) is 18.5. The molecule has 28 heavy (non-hydrogen) atoms. The van der Waals surface area contributed by atoms with Crippen molar-refractivity contribution in [1.82, 2.24) is 19.5 Å². The van der Waals surface area contributed by atoms with Gasteiger partial charge in [0.25, 0.3) is 0 Å². The van der Waals surface area contributed by atoms with Gasteiger partial charge in [0.15, 0.2) is 17.0 Å². The predicted octanol–water partition coefficient (Wildman–Crippen LogP) is 2.55. The number of nitrogens with zero attached hydrogens (tertiary/aromatic N) is 4. The number of hydrogen-bond acceptors (Lipinski definition) is 7. The van der Waals surface area contributed by atoms with Crippen LogP contribution in [-0.4, -0.2) is 31.6 Å². The van der Waals surface area contributed by atoms with Crippen LogP contribution in [0.25, 0.3) is 11.2 Å². The zero-order chi connectivity index (χ0) is 19.7. The van der Waals surface area contributed by atoms with E-state index >= 15 is 0 Å². The molecule has 1 saturated carbocycles. The van der Waals surface area contributed by atoms with Gasteiger partial charge in [-0.05, 0) is 44.2 Å². The van der Waals surface area contributed by atoms with Crippen LogP contribution in [0.1, 0.15) is 36.8 Å². The summed E-state index contributed by atoms with van der Waals surface area (Å²) in [4.78, 5) is 13.9. The van der Waals surface area contributed by atoms with Crippen LogP contribution < -0.4 is 22.1 Å². The van der Waals surface area contributed by atoms with E-state index in [0.29, 0.717) is 30.4 Å². The number of anilines is 3. The zero-order valence-electron chi connectivity index (χ0n) is 16.4. The van der Waals surface area contributed by atoms with Gasteiger partial charge >= 0.3 is 0 Å². The molecule has 1 aliphatic carbocycles. The first-order valence-corrected chi connectivity index (χ1v) is 9.79. The van der Waals surface area contributed by atoms with Gasteiger partial charge in [-0.3, -0.25) is 0 Å². The number of benzene rings is 1. The fourth-order valence-electron chi connectivity index (χ4n) is 3.71. The van der Waals surface area contributed by atoms with E-state index in [1.165, 1.54) is 5.56 Å². The van der Waals surface area contributed by atoms with E-state index in [2.05, 4.69) is 33.6 Å². The minimum absolute atomic E-state index is 0.315. The molecule has 4 rings (SSSR count). The molecule has 0 amide bonds. The zero-order valence-corrected chi connectivity index (χ0v) is 16.4. The third-order valence-electron chi connectivity index (χ3n) is 5.41. The van der Waals surface area contributed by atoms with Gasteiger partial charge in [0, 0.05) is 31.4 Å². The number of imidazole rings is 1. The van der Waals surface area contributed by atoms with Crippen LogP contribution in [0, 0.1) is 6.92 Å². The lowest BCUT2D eigenvalue weighted by molar-refractivity contribution is 0.410. The standard InChI is InChI=1S/C20H28N8/c1-12-3-8-16(22)13(9-12)10-23-18-17-19(28(2)11-24-17)27-20(26-18)25-15-6-4-14(21)5-7-15/h3,8-9,11,14-15H,4-7,10,21-22H2,1-2H3,(H2,23,25,26,27). The summed E-state index contributed by atoms with van der Waals surface area (Å²) >= 11 is 0. The van der Waals surface area contributed by atoms with Crippen molar-refractivity contribution in [2.75, 3.05) is 16.4 Å². The Morgan fingerprint density at radius 2 is 1.96 bits per heavy atom. The molecule has 1 aliphatic rings. The van der Waals surface area contributed by atoms with Crippen molar-refractivity contribution in [2.45, 2.75) is 51.2 Å². The number of nitrogens with two attached hydrogens (primary N) is 2. The highest BCUT2D eigenvalue weighted by atomic mass is 15.2. The average Bonchev–Trinajstić information content (AvgIpc) is 3.05. The molecule has 0 bridgehead atoms. The third kappa shape index (κ3) is 3.87. The van der Waals surface area contributed by atoms with E-state index in [4.69, 9.17) is 16.5 Å². The monoisotopic (exact) mass is 380 g/mol. The highest BCUT2D eigenvalue weighted by molar-refractivity contribution is 5.84. The number of nitrogens with one attached hydrogen (secondary N) is 2. The SMILES string of the molecule is Cc1ccc(N)c(CNc2nc(NC3CCC(N)CC3)nc3c2ncn3C)c1. The van der Waals surface area contributed by atoms with Crippen molar-refractivity contribution in [2.24, 2.45) is 12.8 Å². The second-order valence-corrected chi connectivity index (χ2v) is 7.74. The Labute approximate surface area is 164 Å². The number of nitrogen functional groups attached to an aromatic ring is 1. The molecule has 0 unspecified atom stereocenters. The Balaban J connectivity index is 1.58. The van der Waals surface area contributed by atoms with Crippen molar-refractivity contribution >= 4 is 28.6 Å². The summed E-state index contributed by atoms with van der Waals surface area (Å²) in [7, 11) is 1.94. The summed E-state index contributed by atoms with van der Waals surface area (Å²) in [6, 6.07) is 6.70. The molecule has 6 N–H and O–H groups in total. The Kier molecular flexibility index (Phi) is 5.04. The summed E-state index contributed by atoms with van der Waals surface area (Å²) in [6.45, 7) is 2.64. The van der Waals surface area contributed by atoms with Crippen molar-refractivity contribution < 1.29 is 0 Å². The summed E-state index contributed by atoms with van der Waals surface area (Å²) in [6.07, 6.45) is 5.90. The fraction of sp³-hybridized carbons (Fsp3) is 0.450. The molecule has 2 aromatic heterocycles. The maximum absolute atomic E-state index is 6.12. The minimum atomic E-state index is 0.315. The van der Waals surface area contributed by atoms with Crippen molar-refractivity contribution in [1.29, 1.82) is 0 Å². The molecule has 2 heterocycles. The van der Waals surface area contributed by atoms with Gasteiger partial charge in [-0.1, -0.05) is 17.7 Å². The van der Waals surface area contributed by atoms with Crippen LogP contribution >= 0.6 is 0 Å². The number of aryl methyl sites for hydroxylation is 2. The Morgan fingerprint density at radius 1 is 1.18 bits per heavy atom. The fourth-order valence-corrected chi connectivity index (χ4v) is 3.71. The maximum atomic E-state index is 6.12. The Hall–Kier alpha value is -2.87. The normalized spacial score (nSPS) is 19.7. The lowest BCUT2D eigenvalue weighted by Crippen LogP contribution is -2.33. The van der Waals surface area contributed by atoms with Gasteiger partial charge in [0.05, 0.1) is 6.33 Å². The van der Waals surface area contributed by atoms with Crippen LogP contribution in [-0.2, 0) is 13.6 Å². The molecule has 8 heteroatoms. The van der Waals surface area contributed by atoms with Gasteiger partial charge in [0.1, 0.15) is 0 Å². The summed E-state index contributed by atoms with van der Waals surface area (Å²) in [5.74, 6) is 1.33. The van der Waals surface area contributed by atoms with Crippen LogP contribution in [0.3, 0.4) is 0 Å². The molecule has 3 aromatic rings. The van der Waals surface area contributed by atoms with E-state index in [1.54, 1.807) is 6.33 Å². The summed E-state index contributed by atoms with van der Waals surface area (Å²) in [5, 5.41) is 6.89. The molecule has 1 aromatic carbocycles. The first-order chi connectivity index (χ1) is 13.5. The van der Waals surface area contributed by atoms with Crippen LogP contribution in [0.15, 0.2) is 24.5 Å². The summed E-state index contributed by atoms with van der Waals surface area (Å²) in [5.41, 5.74) is 16.7. The predicted molar refractivity (Wildman–Crippen MR) is 113 cm³/mol. The number of fused-ring (bicyclic) bond motifs is 1. The second kappa shape index (κ2) is 7.63. The maximum Gasteiger partial charge on any atom is 0.227 e. The van der Waals surface area contributed by atoms with Gasteiger partial charge in [-0.25, -0.2) is 4.98 Å². The molecule has 0 radical (unpaired) electrons. The topological polar surface area (TPSA) is 120 Å². The Morgan fingerprint density at radius 3 is 2.75 bits per heavy atom. The van der Waals surface area contributed by atoms with E-state index in [1.807, 2.05) is 23.7 Å². The van der Waals surface area contributed by atoms with E-state index in [9.17, 15) is 0 Å². The minimum Gasteiger partial charge on any atom is -0.398 e. The summed E-state index contributed by atoms with van der Waals surface area (Å²) < 4.78 is 1.91. The molecule has 0 atom stereocenters. The van der Waals surface area contributed by atoms with Gasteiger partial charge in [-0.15, -0.1) is 0 Å². The molecular formula is C20H28N8. The van der Waals surface area contributed by atoms with Gasteiger partial charge < -0.3 is 26.7 Å².